The van der Waals surface area contributed by atoms with Crippen molar-refractivity contribution in [1.29, 1.82) is 0 Å². The minimum atomic E-state index is -0.999. The summed E-state index contributed by atoms with van der Waals surface area (Å²) in [6, 6.07) is 8.81. The van der Waals surface area contributed by atoms with Crippen LogP contribution in [0.2, 0.25) is 0 Å². The van der Waals surface area contributed by atoms with Crippen LogP contribution in [0, 0.1) is 0 Å². The third kappa shape index (κ3) is 3.93. The van der Waals surface area contributed by atoms with E-state index in [-0.39, 0.29) is 0 Å². The Morgan fingerprint density at radius 2 is 2.13 bits per heavy atom. The quantitative estimate of drug-likeness (QED) is 0.828. The van der Waals surface area contributed by atoms with Crippen molar-refractivity contribution in [2.24, 2.45) is 0 Å². The van der Waals surface area contributed by atoms with E-state index in [1.807, 2.05) is 18.3 Å². The van der Waals surface area contributed by atoms with E-state index in [1.54, 1.807) is 24.7 Å². The lowest BCUT2D eigenvalue weighted by Crippen LogP contribution is -2.40. The standard InChI is InChI=1S/C17H22N2O2S2/c1-21-15-8-6-13(7-9-15)11-14-5-3-4-10-19(14)16-12-18-17(22-16)23(2)20/h6-9,12,14H,3-5,10-11H2,1-2H3. The number of anilines is 1. The zero-order valence-corrected chi connectivity index (χ0v) is 15.2. The lowest BCUT2D eigenvalue weighted by atomic mass is 9.96. The van der Waals surface area contributed by atoms with Gasteiger partial charge in [0.1, 0.15) is 10.8 Å². The van der Waals surface area contributed by atoms with E-state index in [0.29, 0.717) is 10.4 Å². The summed E-state index contributed by atoms with van der Waals surface area (Å²) < 4.78 is 17.5. The molecule has 2 heterocycles. The van der Waals surface area contributed by atoms with E-state index in [4.69, 9.17) is 4.74 Å². The topological polar surface area (TPSA) is 42.4 Å². The van der Waals surface area contributed by atoms with Crippen LogP contribution in [0.4, 0.5) is 5.00 Å². The number of benzene rings is 1. The van der Waals surface area contributed by atoms with Gasteiger partial charge in [0, 0.05) is 18.8 Å². The van der Waals surface area contributed by atoms with Gasteiger partial charge in [0.2, 0.25) is 0 Å². The molecule has 0 bridgehead atoms. The van der Waals surface area contributed by atoms with E-state index in [2.05, 4.69) is 22.0 Å². The van der Waals surface area contributed by atoms with E-state index in [9.17, 15) is 4.21 Å². The van der Waals surface area contributed by atoms with Crippen LogP contribution in [0.1, 0.15) is 24.8 Å². The van der Waals surface area contributed by atoms with E-state index in [0.717, 1.165) is 23.7 Å². The van der Waals surface area contributed by atoms with Gasteiger partial charge in [-0.1, -0.05) is 23.5 Å². The molecule has 4 nitrogen and oxygen atoms in total. The second-order valence-electron chi connectivity index (χ2n) is 5.81. The van der Waals surface area contributed by atoms with Gasteiger partial charge in [0.15, 0.2) is 4.34 Å². The van der Waals surface area contributed by atoms with Gasteiger partial charge in [-0.2, -0.15) is 0 Å². The normalized spacial score (nSPS) is 19.6. The molecule has 2 unspecified atom stereocenters. The van der Waals surface area contributed by atoms with Crippen LogP contribution in [-0.4, -0.2) is 35.1 Å². The van der Waals surface area contributed by atoms with Crippen molar-refractivity contribution < 1.29 is 8.95 Å². The first-order chi connectivity index (χ1) is 11.2. The summed E-state index contributed by atoms with van der Waals surface area (Å²) in [7, 11) is 0.693. The molecule has 3 rings (SSSR count). The van der Waals surface area contributed by atoms with E-state index < -0.39 is 10.8 Å². The molecule has 2 atom stereocenters. The van der Waals surface area contributed by atoms with Gasteiger partial charge in [-0.3, -0.25) is 4.21 Å². The lowest BCUT2D eigenvalue weighted by molar-refractivity contribution is 0.414. The molecular formula is C17H22N2O2S2. The molecule has 2 aromatic rings. The van der Waals surface area contributed by atoms with Crippen LogP contribution in [0.3, 0.4) is 0 Å². The number of hydrogen-bond donors (Lipinski definition) is 0. The molecule has 1 saturated heterocycles. The highest BCUT2D eigenvalue weighted by atomic mass is 32.2. The van der Waals surface area contributed by atoms with Crippen molar-refractivity contribution in [2.45, 2.75) is 36.1 Å². The van der Waals surface area contributed by atoms with Crippen molar-refractivity contribution in [3.05, 3.63) is 36.0 Å². The minimum Gasteiger partial charge on any atom is -0.497 e. The molecule has 0 amide bonds. The fourth-order valence-corrected chi connectivity index (χ4v) is 4.73. The number of nitrogens with zero attached hydrogens (tertiary/aromatic N) is 2. The summed E-state index contributed by atoms with van der Waals surface area (Å²) in [5.74, 6) is 0.895. The molecule has 0 N–H and O–H groups in total. The summed E-state index contributed by atoms with van der Waals surface area (Å²) in [6.45, 7) is 1.05. The molecule has 1 aliphatic rings. The Bertz CT molecular complexity index is 669. The Morgan fingerprint density at radius 3 is 2.78 bits per heavy atom. The smallest absolute Gasteiger partial charge is 0.182 e. The summed E-state index contributed by atoms with van der Waals surface area (Å²) >= 11 is 1.56. The maximum atomic E-state index is 11.6. The van der Waals surface area contributed by atoms with E-state index in [1.165, 1.54) is 24.8 Å². The van der Waals surface area contributed by atoms with Crippen molar-refractivity contribution in [3.63, 3.8) is 0 Å². The molecule has 1 fully saturated rings. The zero-order chi connectivity index (χ0) is 16.2. The molecule has 0 saturated carbocycles. The highest BCUT2D eigenvalue weighted by Crippen LogP contribution is 2.32. The highest BCUT2D eigenvalue weighted by Gasteiger charge is 2.25. The molecule has 124 valence electrons. The molecule has 6 heteroatoms. The van der Waals surface area contributed by atoms with Gasteiger partial charge < -0.3 is 9.64 Å². The van der Waals surface area contributed by atoms with Crippen molar-refractivity contribution in [1.82, 2.24) is 4.98 Å². The Balaban J connectivity index is 1.76. The Labute approximate surface area is 144 Å². The van der Waals surface area contributed by atoms with Crippen LogP contribution >= 0.6 is 11.3 Å². The number of ether oxygens (including phenoxy) is 1. The molecule has 1 aliphatic heterocycles. The molecule has 23 heavy (non-hydrogen) atoms. The Morgan fingerprint density at radius 1 is 1.35 bits per heavy atom. The predicted molar refractivity (Wildman–Crippen MR) is 96.1 cm³/mol. The number of methoxy groups -OCH3 is 1. The second-order valence-corrected chi connectivity index (χ2v) is 8.38. The number of thiazole rings is 1. The van der Waals surface area contributed by atoms with Gasteiger partial charge in [-0.15, -0.1) is 0 Å². The van der Waals surface area contributed by atoms with Crippen LogP contribution in [0.15, 0.2) is 34.8 Å². The first kappa shape index (κ1) is 16.5. The Hall–Kier alpha value is -1.40. The van der Waals surface area contributed by atoms with Crippen molar-refractivity contribution in [3.8, 4) is 5.75 Å². The molecule has 1 aromatic carbocycles. The van der Waals surface area contributed by atoms with Gasteiger partial charge in [-0.25, -0.2) is 4.98 Å². The molecule has 0 aliphatic carbocycles. The summed E-state index contributed by atoms with van der Waals surface area (Å²) in [5, 5.41) is 1.15. The molecular weight excluding hydrogens is 328 g/mol. The van der Waals surface area contributed by atoms with Crippen LogP contribution in [0.25, 0.3) is 0 Å². The van der Waals surface area contributed by atoms with Crippen molar-refractivity contribution in [2.75, 3.05) is 24.8 Å². The van der Waals surface area contributed by atoms with Crippen LogP contribution in [0.5, 0.6) is 5.75 Å². The first-order valence-corrected chi connectivity index (χ1v) is 10.2. The lowest BCUT2D eigenvalue weighted by Gasteiger charge is -2.36. The summed E-state index contributed by atoms with van der Waals surface area (Å²) in [5.41, 5.74) is 1.33. The average molecular weight is 351 g/mol. The number of piperidine rings is 1. The van der Waals surface area contributed by atoms with Gasteiger partial charge in [-0.05, 0) is 43.4 Å². The Kier molecular flexibility index (Phi) is 5.33. The third-order valence-electron chi connectivity index (χ3n) is 4.26. The van der Waals surface area contributed by atoms with Crippen molar-refractivity contribution >= 4 is 27.1 Å². The second kappa shape index (κ2) is 7.45. The van der Waals surface area contributed by atoms with Gasteiger partial charge >= 0.3 is 0 Å². The largest absolute Gasteiger partial charge is 0.497 e. The third-order valence-corrected chi connectivity index (χ3v) is 6.64. The molecule has 0 radical (unpaired) electrons. The van der Waals surface area contributed by atoms with Gasteiger partial charge in [0.25, 0.3) is 0 Å². The van der Waals surface area contributed by atoms with E-state index >= 15 is 0 Å². The SMILES string of the molecule is COc1ccc(CC2CCCCN2c2cnc(S(C)=O)s2)cc1. The molecule has 1 aromatic heterocycles. The number of aromatic nitrogens is 1. The fraction of sp³-hybridized carbons (Fsp3) is 0.471. The first-order valence-electron chi connectivity index (χ1n) is 7.86. The predicted octanol–water partition coefficient (Wildman–Crippen LogP) is 3.49. The maximum Gasteiger partial charge on any atom is 0.182 e. The maximum absolute atomic E-state index is 11.6. The summed E-state index contributed by atoms with van der Waals surface area (Å²) in [6.07, 6.45) is 8.26. The summed E-state index contributed by atoms with van der Waals surface area (Å²) in [4.78, 5) is 6.76. The zero-order valence-electron chi connectivity index (χ0n) is 13.5. The fourth-order valence-electron chi connectivity index (χ4n) is 3.05. The number of rotatable bonds is 5. The van der Waals surface area contributed by atoms with Crippen LogP contribution < -0.4 is 9.64 Å². The van der Waals surface area contributed by atoms with Gasteiger partial charge in [0.05, 0.1) is 24.1 Å². The average Bonchev–Trinajstić information content (AvgIpc) is 3.06. The number of hydrogen-bond acceptors (Lipinski definition) is 5. The van der Waals surface area contributed by atoms with Crippen LogP contribution in [-0.2, 0) is 17.2 Å². The highest BCUT2D eigenvalue weighted by molar-refractivity contribution is 7.86. The minimum absolute atomic E-state index is 0.482. The molecule has 0 spiro atoms. The monoisotopic (exact) mass is 350 g/mol.